The summed E-state index contributed by atoms with van der Waals surface area (Å²) in [5.41, 5.74) is 1.10. The van der Waals surface area contributed by atoms with Crippen LogP contribution >= 0.6 is 0 Å². The topological polar surface area (TPSA) is 53.4 Å². The summed E-state index contributed by atoms with van der Waals surface area (Å²) < 4.78 is 12.8. The number of nitrogens with zero attached hydrogens (tertiary/aromatic N) is 2. The van der Waals surface area contributed by atoms with Gasteiger partial charge in [-0.15, -0.1) is 0 Å². The highest BCUT2D eigenvalue weighted by atomic mass is 19.1. The van der Waals surface area contributed by atoms with Crippen molar-refractivity contribution in [1.29, 1.82) is 0 Å². The number of rotatable bonds is 4. The number of halogens is 1. The number of hydrogen-bond donors (Lipinski definition) is 1. The van der Waals surface area contributed by atoms with E-state index in [4.69, 9.17) is 5.11 Å². The zero-order chi connectivity index (χ0) is 13.8. The van der Waals surface area contributed by atoms with Crippen LogP contribution in [0.25, 0.3) is 0 Å². The molecule has 5 heteroatoms. The monoisotopic (exact) mass is 260 g/mol. The lowest BCUT2D eigenvalue weighted by Crippen LogP contribution is -2.17. The van der Waals surface area contributed by atoms with Crippen LogP contribution in [0.1, 0.15) is 15.9 Å². The Bertz CT molecular complexity index is 567. The molecule has 1 N–H and O–H groups in total. The number of hydrogen-bond acceptors (Lipinski definition) is 3. The normalized spacial score (nSPS) is 10.2. The summed E-state index contributed by atoms with van der Waals surface area (Å²) in [5.74, 6) is -0.607. The molecular formula is C14H13FN2O2. The first-order valence-corrected chi connectivity index (χ1v) is 5.71. The van der Waals surface area contributed by atoms with Crippen molar-refractivity contribution >= 4 is 11.8 Å². The number of carboxylic acid groups (broad SMARTS) is 1. The zero-order valence-corrected chi connectivity index (χ0v) is 10.4. The lowest BCUT2D eigenvalue weighted by atomic mass is 10.2. The van der Waals surface area contributed by atoms with Crippen LogP contribution in [0.4, 0.5) is 10.2 Å². The minimum absolute atomic E-state index is 0.152. The Morgan fingerprint density at radius 1 is 1.26 bits per heavy atom. The van der Waals surface area contributed by atoms with Gasteiger partial charge in [-0.2, -0.15) is 0 Å². The first kappa shape index (κ1) is 13.0. The summed E-state index contributed by atoms with van der Waals surface area (Å²) in [6.45, 7) is 0.569. The van der Waals surface area contributed by atoms with E-state index in [-0.39, 0.29) is 11.4 Å². The number of benzene rings is 1. The maximum absolute atomic E-state index is 12.8. The van der Waals surface area contributed by atoms with Gasteiger partial charge in [-0.1, -0.05) is 12.1 Å². The Morgan fingerprint density at radius 2 is 1.95 bits per heavy atom. The lowest BCUT2D eigenvalue weighted by molar-refractivity contribution is 0.0696. The third-order valence-corrected chi connectivity index (χ3v) is 2.72. The van der Waals surface area contributed by atoms with Crippen molar-refractivity contribution in [1.82, 2.24) is 4.98 Å². The SMILES string of the molecule is CN(Cc1ccc(F)cc1)c1ccc(C(=O)O)cn1. The molecule has 1 heterocycles. The van der Waals surface area contributed by atoms with Gasteiger partial charge in [-0.05, 0) is 29.8 Å². The summed E-state index contributed by atoms with van der Waals surface area (Å²) in [7, 11) is 1.84. The molecule has 1 aromatic carbocycles. The van der Waals surface area contributed by atoms with E-state index in [1.165, 1.54) is 24.4 Å². The molecule has 0 saturated carbocycles. The van der Waals surface area contributed by atoms with Gasteiger partial charge < -0.3 is 10.0 Å². The number of carboxylic acids is 1. The van der Waals surface area contributed by atoms with E-state index in [1.807, 2.05) is 11.9 Å². The second-order valence-corrected chi connectivity index (χ2v) is 4.19. The number of carbonyl (C=O) groups is 1. The molecule has 0 atom stereocenters. The second-order valence-electron chi connectivity index (χ2n) is 4.19. The molecular weight excluding hydrogens is 247 g/mol. The summed E-state index contributed by atoms with van der Waals surface area (Å²) in [5, 5.41) is 8.79. The predicted molar refractivity (Wildman–Crippen MR) is 69.7 cm³/mol. The van der Waals surface area contributed by atoms with Crippen LogP contribution < -0.4 is 4.90 Å². The molecule has 1 aromatic heterocycles. The maximum Gasteiger partial charge on any atom is 0.337 e. The van der Waals surface area contributed by atoms with Gasteiger partial charge in [0.1, 0.15) is 11.6 Å². The Hall–Kier alpha value is -2.43. The summed E-state index contributed by atoms with van der Waals surface area (Å²) in [4.78, 5) is 16.7. The molecule has 2 aromatic rings. The Morgan fingerprint density at radius 3 is 2.47 bits per heavy atom. The average molecular weight is 260 g/mol. The van der Waals surface area contributed by atoms with Gasteiger partial charge in [0.15, 0.2) is 0 Å². The van der Waals surface area contributed by atoms with Crippen LogP contribution in [-0.2, 0) is 6.54 Å². The summed E-state index contributed by atoms with van der Waals surface area (Å²) >= 11 is 0. The number of pyridine rings is 1. The summed E-state index contributed by atoms with van der Waals surface area (Å²) in [6.07, 6.45) is 1.32. The smallest absolute Gasteiger partial charge is 0.337 e. The zero-order valence-electron chi connectivity index (χ0n) is 10.4. The molecule has 0 saturated heterocycles. The maximum atomic E-state index is 12.8. The van der Waals surface area contributed by atoms with Crippen molar-refractivity contribution in [3.05, 3.63) is 59.5 Å². The van der Waals surface area contributed by atoms with Gasteiger partial charge >= 0.3 is 5.97 Å². The Balaban J connectivity index is 2.09. The van der Waals surface area contributed by atoms with Crippen molar-refractivity contribution in [3.8, 4) is 0 Å². The highest BCUT2D eigenvalue weighted by molar-refractivity contribution is 5.87. The van der Waals surface area contributed by atoms with Crippen LogP contribution in [0.15, 0.2) is 42.6 Å². The number of anilines is 1. The van der Waals surface area contributed by atoms with Gasteiger partial charge in [0.2, 0.25) is 0 Å². The molecule has 0 radical (unpaired) electrons. The van der Waals surface area contributed by atoms with Gasteiger partial charge in [-0.25, -0.2) is 14.2 Å². The van der Waals surface area contributed by atoms with E-state index < -0.39 is 5.97 Å². The predicted octanol–water partition coefficient (Wildman–Crippen LogP) is 2.56. The lowest BCUT2D eigenvalue weighted by Gasteiger charge is -2.18. The second kappa shape index (κ2) is 5.48. The Kier molecular flexibility index (Phi) is 3.75. The molecule has 98 valence electrons. The fourth-order valence-electron chi connectivity index (χ4n) is 1.68. The fourth-order valence-corrected chi connectivity index (χ4v) is 1.68. The Labute approximate surface area is 110 Å². The fraction of sp³-hybridized carbons (Fsp3) is 0.143. The van der Waals surface area contributed by atoms with Crippen molar-refractivity contribution in [2.75, 3.05) is 11.9 Å². The van der Waals surface area contributed by atoms with Crippen LogP contribution in [-0.4, -0.2) is 23.1 Å². The van der Waals surface area contributed by atoms with E-state index in [1.54, 1.807) is 18.2 Å². The van der Waals surface area contributed by atoms with E-state index in [9.17, 15) is 9.18 Å². The van der Waals surface area contributed by atoms with Crippen molar-refractivity contribution in [2.45, 2.75) is 6.54 Å². The first-order chi connectivity index (χ1) is 9.06. The van der Waals surface area contributed by atoms with E-state index in [2.05, 4.69) is 4.98 Å². The molecule has 0 bridgehead atoms. The van der Waals surface area contributed by atoms with Crippen molar-refractivity contribution in [3.63, 3.8) is 0 Å². The third kappa shape index (κ3) is 3.28. The van der Waals surface area contributed by atoms with E-state index in [0.717, 1.165) is 5.56 Å². The van der Waals surface area contributed by atoms with Crippen LogP contribution in [0, 0.1) is 5.82 Å². The molecule has 0 spiro atoms. The first-order valence-electron chi connectivity index (χ1n) is 5.71. The minimum Gasteiger partial charge on any atom is -0.478 e. The molecule has 0 fully saturated rings. The average Bonchev–Trinajstić information content (AvgIpc) is 2.41. The number of aromatic carboxylic acids is 1. The third-order valence-electron chi connectivity index (χ3n) is 2.72. The summed E-state index contributed by atoms with van der Waals surface area (Å²) in [6, 6.07) is 9.38. The highest BCUT2D eigenvalue weighted by Gasteiger charge is 2.06. The van der Waals surface area contributed by atoms with Gasteiger partial charge in [0.25, 0.3) is 0 Å². The molecule has 4 nitrogen and oxygen atoms in total. The molecule has 19 heavy (non-hydrogen) atoms. The van der Waals surface area contributed by atoms with Crippen LogP contribution in [0.5, 0.6) is 0 Å². The number of aromatic nitrogens is 1. The quantitative estimate of drug-likeness (QED) is 0.917. The molecule has 0 aliphatic carbocycles. The molecule has 2 rings (SSSR count). The van der Waals surface area contributed by atoms with Gasteiger partial charge in [0, 0.05) is 19.8 Å². The van der Waals surface area contributed by atoms with Crippen molar-refractivity contribution < 1.29 is 14.3 Å². The van der Waals surface area contributed by atoms with Crippen LogP contribution in [0.3, 0.4) is 0 Å². The van der Waals surface area contributed by atoms with Crippen LogP contribution in [0.2, 0.25) is 0 Å². The standard InChI is InChI=1S/C14H13FN2O2/c1-17(9-10-2-5-12(15)6-3-10)13-7-4-11(8-16-13)14(18)19/h2-8H,9H2,1H3,(H,18,19). The largest absolute Gasteiger partial charge is 0.478 e. The molecule has 0 aliphatic rings. The van der Waals surface area contributed by atoms with E-state index >= 15 is 0 Å². The highest BCUT2D eigenvalue weighted by Crippen LogP contribution is 2.13. The molecule has 0 aliphatic heterocycles. The molecule has 0 amide bonds. The molecule has 0 unspecified atom stereocenters. The van der Waals surface area contributed by atoms with Crippen molar-refractivity contribution in [2.24, 2.45) is 0 Å². The minimum atomic E-state index is -1.000. The van der Waals surface area contributed by atoms with Gasteiger partial charge in [-0.3, -0.25) is 0 Å². The van der Waals surface area contributed by atoms with Gasteiger partial charge in [0.05, 0.1) is 5.56 Å². The van der Waals surface area contributed by atoms with E-state index in [0.29, 0.717) is 12.4 Å².